The summed E-state index contributed by atoms with van der Waals surface area (Å²) >= 11 is 0. The van der Waals surface area contributed by atoms with Crippen LogP contribution in [0.2, 0.25) is 0 Å². The molecule has 10 nitrogen and oxygen atoms in total. The van der Waals surface area contributed by atoms with Gasteiger partial charge in [0.25, 0.3) is 0 Å². The number of nitrogens with one attached hydrogen (secondary N) is 3. The van der Waals surface area contributed by atoms with Crippen molar-refractivity contribution in [1.82, 2.24) is 20.9 Å². The topological polar surface area (TPSA) is 129 Å². The lowest BCUT2D eigenvalue weighted by Gasteiger charge is -2.28. The van der Waals surface area contributed by atoms with Crippen LogP contribution in [0.5, 0.6) is 0 Å². The highest BCUT2D eigenvalue weighted by molar-refractivity contribution is 5.98. The molecule has 0 radical (unpaired) electrons. The van der Waals surface area contributed by atoms with Gasteiger partial charge in [0.15, 0.2) is 11.4 Å². The van der Waals surface area contributed by atoms with Gasteiger partial charge < -0.3 is 25.4 Å². The summed E-state index contributed by atoms with van der Waals surface area (Å²) in [5, 5.41) is 8.09. The van der Waals surface area contributed by atoms with E-state index < -0.39 is 29.5 Å². The van der Waals surface area contributed by atoms with Gasteiger partial charge in [-0.15, -0.1) is 0 Å². The number of hydrogen-bond acceptors (Lipinski definition) is 7. The number of Topliss-reactive ketones (excluding diaryl/α,β-unsaturated/α-hetero) is 1. The van der Waals surface area contributed by atoms with Crippen LogP contribution in [0.1, 0.15) is 72.1 Å². The molecule has 3 atom stereocenters. The number of carbonyl (C=O) groups is 4. The minimum atomic E-state index is -0.979. The molecule has 1 heterocycles. The van der Waals surface area contributed by atoms with Gasteiger partial charge in [-0.2, -0.15) is 0 Å². The maximum atomic E-state index is 13.2. The Morgan fingerprint density at radius 1 is 1.03 bits per heavy atom. The summed E-state index contributed by atoms with van der Waals surface area (Å²) < 4.78 is 10.6. The zero-order valence-electron chi connectivity index (χ0n) is 22.5. The normalized spacial score (nSPS) is 21.5. The van der Waals surface area contributed by atoms with E-state index in [1.54, 1.807) is 6.92 Å². The fraction of sp³-hybridized carbons (Fsp3) is 0.846. The van der Waals surface area contributed by atoms with Gasteiger partial charge in [0.2, 0.25) is 17.7 Å². The van der Waals surface area contributed by atoms with Gasteiger partial charge in [-0.05, 0) is 45.2 Å². The Hall–Kier alpha value is -2.04. The van der Waals surface area contributed by atoms with Crippen LogP contribution in [0.4, 0.5) is 0 Å². The van der Waals surface area contributed by atoms with Gasteiger partial charge in [0.05, 0.1) is 32.3 Å². The molecule has 0 aromatic rings. The van der Waals surface area contributed by atoms with Crippen molar-refractivity contribution in [2.75, 3.05) is 46.5 Å². The van der Waals surface area contributed by atoms with Crippen LogP contribution >= 0.6 is 0 Å². The van der Waals surface area contributed by atoms with Gasteiger partial charge in [-0.25, -0.2) is 0 Å². The molecule has 3 N–H and O–H groups in total. The molecule has 1 aliphatic heterocycles. The van der Waals surface area contributed by atoms with Crippen molar-refractivity contribution in [3.8, 4) is 0 Å². The first-order chi connectivity index (χ1) is 17.2. The smallest absolute Gasteiger partial charge is 0.242 e. The largest absolute Gasteiger partial charge is 0.381 e. The van der Waals surface area contributed by atoms with Crippen molar-refractivity contribution in [2.24, 2.45) is 5.92 Å². The molecule has 0 spiro atoms. The van der Waals surface area contributed by atoms with Crippen LogP contribution in [0.15, 0.2) is 0 Å². The Bertz CT molecular complexity index is 730. The molecule has 0 aromatic carbocycles. The van der Waals surface area contributed by atoms with Crippen LogP contribution in [0.3, 0.4) is 0 Å². The van der Waals surface area contributed by atoms with E-state index in [1.807, 2.05) is 0 Å². The number of hydrogen-bond donors (Lipinski definition) is 3. The Kier molecular flexibility index (Phi) is 12.8. The van der Waals surface area contributed by atoms with E-state index in [0.717, 1.165) is 51.6 Å². The van der Waals surface area contributed by atoms with Gasteiger partial charge in [0.1, 0.15) is 6.04 Å². The third kappa shape index (κ3) is 9.78. The first-order valence-electron chi connectivity index (χ1n) is 13.5. The van der Waals surface area contributed by atoms with Crippen LogP contribution in [0, 0.1) is 5.92 Å². The highest BCUT2D eigenvalue weighted by atomic mass is 16.6. The molecule has 10 heteroatoms. The number of ether oxygens (including phenoxy) is 2. The summed E-state index contributed by atoms with van der Waals surface area (Å²) in [6.45, 7) is 7.75. The van der Waals surface area contributed by atoms with E-state index in [0.29, 0.717) is 18.9 Å². The third-order valence-electron chi connectivity index (χ3n) is 6.91. The quantitative estimate of drug-likeness (QED) is 0.251. The number of nitrogens with zero attached hydrogens (tertiary/aromatic N) is 1. The van der Waals surface area contributed by atoms with E-state index in [2.05, 4.69) is 34.7 Å². The minimum absolute atomic E-state index is 0.157. The maximum Gasteiger partial charge on any atom is 0.242 e. The summed E-state index contributed by atoms with van der Waals surface area (Å²) in [5.41, 5.74) is -0.979. The predicted octanol–water partition coefficient (Wildman–Crippen LogP) is 1.17. The molecule has 1 saturated carbocycles. The molecule has 36 heavy (non-hydrogen) atoms. The summed E-state index contributed by atoms with van der Waals surface area (Å²) in [4.78, 5) is 52.8. The van der Waals surface area contributed by atoms with E-state index in [4.69, 9.17) is 9.47 Å². The van der Waals surface area contributed by atoms with E-state index in [-0.39, 0.29) is 31.4 Å². The lowest BCUT2D eigenvalue weighted by molar-refractivity contribution is -0.133. The molecule has 0 unspecified atom stereocenters. The molecule has 2 aliphatic rings. The van der Waals surface area contributed by atoms with Crippen LogP contribution in [0.25, 0.3) is 0 Å². The Labute approximate surface area is 215 Å². The van der Waals surface area contributed by atoms with Crippen LogP contribution in [-0.2, 0) is 28.7 Å². The molecule has 1 aliphatic carbocycles. The predicted molar refractivity (Wildman–Crippen MR) is 136 cm³/mol. The second-order valence-electron chi connectivity index (χ2n) is 10.2. The Balaban J connectivity index is 1.85. The average molecular weight is 511 g/mol. The number of methoxy groups -OCH3 is 1. The van der Waals surface area contributed by atoms with Gasteiger partial charge in [-0.3, -0.25) is 24.1 Å². The summed E-state index contributed by atoms with van der Waals surface area (Å²) in [6, 6.07) is -1.46. The fourth-order valence-corrected chi connectivity index (χ4v) is 4.95. The van der Waals surface area contributed by atoms with E-state index in [9.17, 15) is 19.2 Å². The summed E-state index contributed by atoms with van der Waals surface area (Å²) in [7, 11) is 1.52. The van der Waals surface area contributed by atoms with Crippen molar-refractivity contribution < 1.29 is 28.7 Å². The van der Waals surface area contributed by atoms with Gasteiger partial charge in [-0.1, -0.05) is 46.0 Å². The minimum Gasteiger partial charge on any atom is -0.381 e. The van der Waals surface area contributed by atoms with Crippen molar-refractivity contribution in [3.05, 3.63) is 0 Å². The monoisotopic (exact) mass is 510 g/mol. The number of rotatable bonds is 17. The molecule has 2 rings (SSSR count). The van der Waals surface area contributed by atoms with E-state index in [1.165, 1.54) is 13.5 Å². The second-order valence-corrected chi connectivity index (χ2v) is 10.2. The van der Waals surface area contributed by atoms with Crippen LogP contribution < -0.4 is 16.0 Å². The van der Waals surface area contributed by atoms with Crippen molar-refractivity contribution >= 4 is 23.5 Å². The second kappa shape index (κ2) is 15.3. The molecule has 0 aromatic heterocycles. The average Bonchev–Trinajstić information content (AvgIpc) is 3.63. The maximum absolute atomic E-state index is 13.2. The highest BCUT2D eigenvalue weighted by Gasteiger charge is 2.54. The van der Waals surface area contributed by atoms with Crippen molar-refractivity contribution in [2.45, 2.75) is 89.8 Å². The lowest BCUT2D eigenvalue weighted by atomic mass is 9.82. The Morgan fingerprint density at radius 3 is 2.22 bits per heavy atom. The summed E-state index contributed by atoms with van der Waals surface area (Å²) in [5.74, 6) is -0.918. The lowest BCUT2D eigenvalue weighted by Crippen LogP contribution is -2.53. The highest BCUT2D eigenvalue weighted by Crippen LogP contribution is 2.33. The fourth-order valence-electron chi connectivity index (χ4n) is 4.95. The molecule has 3 amide bonds. The van der Waals surface area contributed by atoms with Crippen molar-refractivity contribution in [3.63, 3.8) is 0 Å². The zero-order valence-corrected chi connectivity index (χ0v) is 22.5. The van der Waals surface area contributed by atoms with E-state index >= 15 is 0 Å². The number of ketones is 1. The van der Waals surface area contributed by atoms with Gasteiger partial charge in [0, 0.05) is 7.11 Å². The standard InChI is InChI=1S/C26H46N4O6/c1-5-12-30(13-6-2)16-23(32)28-19(3)25(34)27-15-22(31)29-21(14-20-10-8-7-9-11-20)24(33)26(17-35-4)18-36-26/h19-21H,5-18H2,1-4H3,(H,27,34)(H,28,32)(H,29,31)/t19-,21-,26+/m0/s1. The van der Waals surface area contributed by atoms with Gasteiger partial charge >= 0.3 is 0 Å². The molecular formula is C26H46N4O6. The Morgan fingerprint density at radius 2 is 1.67 bits per heavy atom. The number of amides is 3. The third-order valence-corrected chi connectivity index (χ3v) is 6.91. The summed E-state index contributed by atoms with van der Waals surface area (Å²) in [6.07, 6.45) is 8.00. The SMILES string of the molecule is CCCN(CCC)CC(=O)N[C@@H](C)C(=O)NCC(=O)N[C@@H](CC1CCCCC1)C(=O)[C@@]1(COC)CO1. The molecular weight excluding hydrogens is 464 g/mol. The first-order valence-corrected chi connectivity index (χ1v) is 13.5. The first kappa shape index (κ1) is 30.2. The van der Waals surface area contributed by atoms with Crippen LogP contribution in [-0.4, -0.2) is 92.6 Å². The molecule has 0 bridgehead atoms. The molecule has 206 valence electrons. The van der Waals surface area contributed by atoms with Crippen molar-refractivity contribution in [1.29, 1.82) is 0 Å². The number of carbonyl (C=O) groups excluding carboxylic acids is 4. The number of epoxide rings is 1. The molecule has 1 saturated heterocycles. The molecule has 2 fully saturated rings. The zero-order chi connectivity index (χ0) is 26.6.